The Morgan fingerprint density at radius 1 is 1.35 bits per heavy atom. The lowest BCUT2D eigenvalue weighted by Crippen LogP contribution is -2.37. The first-order chi connectivity index (χ1) is 9.61. The summed E-state index contributed by atoms with van der Waals surface area (Å²) < 4.78 is 0. The maximum absolute atomic E-state index is 11.8. The van der Waals surface area contributed by atoms with Crippen LogP contribution in [0.15, 0.2) is 24.4 Å². The van der Waals surface area contributed by atoms with Gasteiger partial charge in [0, 0.05) is 30.8 Å². The SMILES string of the molecule is C=C1C=CC(=O)N1CC1CCC(C(=O)NCCO)CC1. The average Bonchev–Trinajstić information content (AvgIpc) is 2.77. The quantitative estimate of drug-likeness (QED) is 0.782. The lowest BCUT2D eigenvalue weighted by Gasteiger charge is -2.30. The molecule has 5 nitrogen and oxygen atoms in total. The molecular weight excluding hydrogens is 256 g/mol. The number of hydrogen-bond acceptors (Lipinski definition) is 3. The predicted molar refractivity (Wildman–Crippen MR) is 75.5 cm³/mol. The van der Waals surface area contributed by atoms with Crippen molar-refractivity contribution in [1.82, 2.24) is 10.2 Å². The van der Waals surface area contributed by atoms with Gasteiger partial charge < -0.3 is 15.3 Å². The van der Waals surface area contributed by atoms with Crippen LogP contribution < -0.4 is 5.32 Å². The van der Waals surface area contributed by atoms with Crippen LogP contribution >= 0.6 is 0 Å². The van der Waals surface area contributed by atoms with Gasteiger partial charge in [0.2, 0.25) is 5.91 Å². The van der Waals surface area contributed by atoms with E-state index in [1.807, 2.05) is 0 Å². The first kappa shape index (κ1) is 14.8. The van der Waals surface area contributed by atoms with Crippen molar-refractivity contribution in [3.05, 3.63) is 24.4 Å². The van der Waals surface area contributed by atoms with E-state index in [1.165, 1.54) is 0 Å². The molecule has 1 aliphatic carbocycles. The highest BCUT2D eigenvalue weighted by molar-refractivity contribution is 5.93. The van der Waals surface area contributed by atoms with E-state index in [-0.39, 0.29) is 24.3 Å². The number of aliphatic hydroxyl groups is 1. The third-order valence-corrected chi connectivity index (χ3v) is 4.10. The van der Waals surface area contributed by atoms with Crippen LogP contribution in [0.1, 0.15) is 25.7 Å². The van der Waals surface area contributed by atoms with Crippen molar-refractivity contribution >= 4 is 11.8 Å². The molecule has 20 heavy (non-hydrogen) atoms. The molecule has 0 aromatic carbocycles. The van der Waals surface area contributed by atoms with Gasteiger partial charge in [-0.05, 0) is 37.7 Å². The van der Waals surface area contributed by atoms with Crippen LogP contribution in [-0.4, -0.2) is 41.5 Å². The summed E-state index contributed by atoms with van der Waals surface area (Å²) in [4.78, 5) is 25.2. The maximum Gasteiger partial charge on any atom is 0.251 e. The van der Waals surface area contributed by atoms with Gasteiger partial charge >= 0.3 is 0 Å². The fourth-order valence-electron chi connectivity index (χ4n) is 2.89. The van der Waals surface area contributed by atoms with Gasteiger partial charge in [-0.3, -0.25) is 9.59 Å². The molecule has 2 N–H and O–H groups in total. The Kier molecular flexibility index (Phi) is 4.95. The van der Waals surface area contributed by atoms with Gasteiger partial charge in [0.1, 0.15) is 0 Å². The van der Waals surface area contributed by atoms with E-state index < -0.39 is 0 Å². The smallest absolute Gasteiger partial charge is 0.251 e. The summed E-state index contributed by atoms with van der Waals surface area (Å²) in [6.45, 7) is 4.87. The molecule has 0 spiro atoms. The van der Waals surface area contributed by atoms with Gasteiger partial charge in [-0.1, -0.05) is 6.58 Å². The van der Waals surface area contributed by atoms with Crippen molar-refractivity contribution in [2.24, 2.45) is 11.8 Å². The molecule has 0 bridgehead atoms. The number of nitrogens with zero attached hydrogens (tertiary/aromatic N) is 1. The number of carbonyl (C=O) groups is 2. The number of nitrogens with one attached hydrogen (secondary N) is 1. The van der Waals surface area contributed by atoms with Gasteiger partial charge in [0.25, 0.3) is 5.91 Å². The fourth-order valence-corrected chi connectivity index (χ4v) is 2.89. The molecule has 2 amide bonds. The van der Waals surface area contributed by atoms with E-state index >= 15 is 0 Å². The lowest BCUT2D eigenvalue weighted by atomic mass is 9.81. The highest BCUT2D eigenvalue weighted by Crippen LogP contribution is 2.30. The first-order valence-corrected chi connectivity index (χ1v) is 7.19. The van der Waals surface area contributed by atoms with Crippen LogP contribution in [-0.2, 0) is 9.59 Å². The van der Waals surface area contributed by atoms with Crippen molar-refractivity contribution in [1.29, 1.82) is 0 Å². The number of allylic oxidation sites excluding steroid dienone is 1. The summed E-state index contributed by atoms with van der Waals surface area (Å²) in [6.07, 6.45) is 6.91. The minimum atomic E-state index is -0.0206. The number of aliphatic hydroxyl groups excluding tert-OH is 1. The molecule has 110 valence electrons. The standard InChI is InChI=1S/C15H22N2O3/c1-11-2-7-14(19)17(11)10-12-3-5-13(6-4-12)15(20)16-8-9-18/h2,7,12-13,18H,1,3-6,8-10H2,(H,16,20). The van der Waals surface area contributed by atoms with Gasteiger partial charge in [-0.15, -0.1) is 0 Å². The first-order valence-electron chi connectivity index (χ1n) is 7.19. The molecule has 1 heterocycles. The molecule has 0 aromatic heterocycles. The average molecular weight is 278 g/mol. The van der Waals surface area contributed by atoms with Gasteiger partial charge in [0.15, 0.2) is 0 Å². The van der Waals surface area contributed by atoms with E-state index in [2.05, 4.69) is 11.9 Å². The molecule has 1 fully saturated rings. The second-order valence-corrected chi connectivity index (χ2v) is 5.51. The van der Waals surface area contributed by atoms with Gasteiger partial charge in [-0.2, -0.15) is 0 Å². The molecule has 0 aromatic rings. The highest BCUT2D eigenvalue weighted by Gasteiger charge is 2.29. The fraction of sp³-hybridized carbons (Fsp3) is 0.600. The van der Waals surface area contributed by atoms with E-state index in [9.17, 15) is 9.59 Å². The monoisotopic (exact) mass is 278 g/mol. The molecule has 5 heteroatoms. The van der Waals surface area contributed by atoms with Crippen LogP contribution in [0, 0.1) is 11.8 Å². The lowest BCUT2D eigenvalue weighted by molar-refractivity contribution is -0.127. The summed E-state index contributed by atoms with van der Waals surface area (Å²) in [5.74, 6) is 0.546. The highest BCUT2D eigenvalue weighted by atomic mass is 16.3. The molecule has 0 atom stereocenters. The Hall–Kier alpha value is -1.62. The molecule has 0 saturated heterocycles. The molecule has 2 rings (SSSR count). The number of hydrogen-bond donors (Lipinski definition) is 2. The van der Waals surface area contributed by atoms with Crippen LogP contribution in [0.2, 0.25) is 0 Å². The predicted octanol–water partition coefficient (Wildman–Crippen LogP) is 0.813. The zero-order chi connectivity index (χ0) is 14.5. The van der Waals surface area contributed by atoms with Crippen LogP contribution in [0.3, 0.4) is 0 Å². The van der Waals surface area contributed by atoms with Crippen molar-refractivity contribution in [2.75, 3.05) is 19.7 Å². The van der Waals surface area contributed by atoms with Crippen LogP contribution in [0.5, 0.6) is 0 Å². The summed E-state index contributed by atoms with van der Waals surface area (Å²) >= 11 is 0. The Bertz CT molecular complexity index is 405. The van der Waals surface area contributed by atoms with Crippen molar-refractivity contribution < 1.29 is 14.7 Å². The van der Waals surface area contributed by atoms with Gasteiger partial charge in [-0.25, -0.2) is 0 Å². The Morgan fingerprint density at radius 3 is 2.60 bits per heavy atom. The number of carbonyl (C=O) groups excluding carboxylic acids is 2. The summed E-state index contributed by atoms with van der Waals surface area (Å²) in [6, 6.07) is 0. The topological polar surface area (TPSA) is 69.6 Å². The molecule has 1 aliphatic heterocycles. The summed E-state index contributed by atoms with van der Waals surface area (Å²) in [7, 11) is 0. The number of rotatable bonds is 5. The second kappa shape index (κ2) is 6.70. The molecule has 0 radical (unpaired) electrons. The van der Waals surface area contributed by atoms with Crippen LogP contribution in [0.25, 0.3) is 0 Å². The van der Waals surface area contributed by atoms with E-state index in [1.54, 1.807) is 17.1 Å². The van der Waals surface area contributed by atoms with Crippen LogP contribution in [0.4, 0.5) is 0 Å². The minimum Gasteiger partial charge on any atom is -0.395 e. The van der Waals surface area contributed by atoms with Gasteiger partial charge in [0.05, 0.1) is 6.61 Å². The van der Waals surface area contributed by atoms with E-state index in [0.29, 0.717) is 19.0 Å². The van der Waals surface area contributed by atoms with E-state index in [0.717, 1.165) is 31.4 Å². The van der Waals surface area contributed by atoms with E-state index in [4.69, 9.17) is 5.11 Å². The molecule has 0 unspecified atom stereocenters. The van der Waals surface area contributed by atoms with Crippen molar-refractivity contribution in [3.63, 3.8) is 0 Å². The third kappa shape index (κ3) is 3.48. The second-order valence-electron chi connectivity index (χ2n) is 5.51. The maximum atomic E-state index is 11.8. The molecule has 1 saturated carbocycles. The third-order valence-electron chi connectivity index (χ3n) is 4.10. The van der Waals surface area contributed by atoms with Crippen molar-refractivity contribution in [3.8, 4) is 0 Å². The zero-order valence-electron chi connectivity index (χ0n) is 11.7. The Labute approximate surface area is 119 Å². The largest absolute Gasteiger partial charge is 0.395 e. The Morgan fingerprint density at radius 2 is 2.05 bits per heavy atom. The zero-order valence-corrected chi connectivity index (χ0v) is 11.7. The normalized spacial score (nSPS) is 26.1. The minimum absolute atomic E-state index is 0.0119. The Balaban J connectivity index is 1.76. The summed E-state index contributed by atoms with van der Waals surface area (Å²) in [5, 5.41) is 11.4. The summed E-state index contributed by atoms with van der Waals surface area (Å²) in [5.41, 5.74) is 0.762. The van der Waals surface area contributed by atoms with Crippen molar-refractivity contribution in [2.45, 2.75) is 25.7 Å². The number of amides is 2. The molecular formula is C15H22N2O3. The molecule has 2 aliphatic rings.